The minimum absolute atomic E-state index is 0.369. The maximum absolute atomic E-state index is 8.65. The molecule has 0 radical (unpaired) electrons. The normalized spacial score (nSPS) is 13.0. The van der Waals surface area contributed by atoms with E-state index in [1.165, 1.54) is 57.8 Å². The fraction of sp³-hybridized carbons (Fsp3) is 1.00. The smallest absolute Gasteiger partial charge is 0.0431 e. The van der Waals surface area contributed by atoms with Gasteiger partial charge in [-0.2, -0.15) is 0 Å². The van der Waals surface area contributed by atoms with Crippen LogP contribution < -0.4 is 0 Å². The third-order valence-corrected chi connectivity index (χ3v) is 3.31. The molecule has 0 aliphatic rings. The molecule has 0 saturated heterocycles. The van der Waals surface area contributed by atoms with E-state index in [9.17, 15) is 0 Å². The maximum Gasteiger partial charge on any atom is 0.0431 e. The van der Waals surface area contributed by atoms with E-state index in [2.05, 4.69) is 13.8 Å². The van der Waals surface area contributed by atoms with Gasteiger partial charge in [0.05, 0.1) is 0 Å². The number of hydrogen-bond donors (Lipinski definition) is 1. The highest BCUT2D eigenvalue weighted by atomic mass is 16.2. The van der Waals surface area contributed by atoms with Crippen molar-refractivity contribution in [3.8, 4) is 0 Å². The summed E-state index contributed by atoms with van der Waals surface area (Å²) in [7, 11) is 0. The summed E-state index contributed by atoms with van der Waals surface area (Å²) in [5, 5.41) is 8.65. The summed E-state index contributed by atoms with van der Waals surface area (Å²) in [6.07, 6.45) is 13.2. The zero-order chi connectivity index (χ0) is 11.4. The van der Waals surface area contributed by atoms with Crippen LogP contribution in [0.1, 0.15) is 78.1 Å². The van der Waals surface area contributed by atoms with Crippen molar-refractivity contribution in [3.63, 3.8) is 0 Å². The van der Waals surface area contributed by atoms with E-state index < -0.39 is 0 Å². The van der Waals surface area contributed by atoms with Gasteiger partial charge in [0.15, 0.2) is 0 Å². The Labute approximate surface area is 96.3 Å². The summed E-state index contributed by atoms with van der Waals surface area (Å²) in [5.74, 6) is 0.975. The molecule has 0 heterocycles. The Hall–Kier alpha value is -0.0400. The van der Waals surface area contributed by atoms with E-state index in [0.717, 1.165) is 12.3 Å². The van der Waals surface area contributed by atoms with Gasteiger partial charge in [-0.3, -0.25) is 0 Å². The van der Waals surface area contributed by atoms with Crippen LogP contribution in [0.3, 0.4) is 0 Å². The van der Waals surface area contributed by atoms with Crippen molar-refractivity contribution in [1.82, 2.24) is 0 Å². The van der Waals surface area contributed by atoms with E-state index >= 15 is 0 Å². The van der Waals surface area contributed by atoms with Gasteiger partial charge in [-0.25, -0.2) is 0 Å². The van der Waals surface area contributed by atoms with Crippen LogP contribution in [0, 0.1) is 5.92 Å². The Morgan fingerprint density at radius 3 is 2.00 bits per heavy atom. The number of aliphatic hydroxyl groups is 1. The molecule has 0 rings (SSSR count). The topological polar surface area (TPSA) is 20.2 Å². The molecule has 1 atom stereocenters. The largest absolute Gasteiger partial charge is 0.396 e. The van der Waals surface area contributed by atoms with Crippen molar-refractivity contribution in [2.75, 3.05) is 6.61 Å². The average Bonchev–Trinajstić information content (AvgIpc) is 2.27. The molecule has 1 N–H and O–H groups in total. The monoisotopic (exact) mass is 214 g/mol. The Morgan fingerprint density at radius 1 is 0.800 bits per heavy atom. The fourth-order valence-corrected chi connectivity index (χ4v) is 2.12. The average molecular weight is 214 g/mol. The first-order valence-corrected chi connectivity index (χ1v) is 6.96. The lowest BCUT2D eigenvalue weighted by atomic mass is 9.93. The second-order valence-corrected chi connectivity index (χ2v) is 4.70. The Kier molecular flexibility index (Phi) is 12.0. The van der Waals surface area contributed by atoms with Crippen LogP contribution >= 0.6 is 0 Å². The molecule has 0 bridgehead atoms. The molecule has 0 aliphatic heterocycles. The van der Waals surface area contributed by atoms with E-state index in [1.54, 1.807) is 0 Å². The first-order chi connectivity index (χ1) is 7.35. The summed E-state index contributed by atoms with van der Waals surface area (Å²) in [6, 6.07) is 0. The van der Waals surface area contributed by atoms with Gasteiger partial charge < -0.3 is 5.11 Å². The maximum atomic E-state index is 8.65. The molecule has 1 heteroatoms. The van der Waals surface area contributed by atoms with Crippen LogP contribution in [-0.2, 0) is 0 Å². The summed E-state index contributed by atoms with van der Waals surface area (Å²) in [4.78, 5) is 0. The number of rotatable bonds is 11. The summed E-state index contributed by atoms with van der Waals surface area (Å²) in [6.45, 7) is 4.97. The van der Waals surface area contributed by atoms with Gasteiger partial charge in [-0.05, 0) is 12.3 Å². The van der Waals surface area contributed by atoms with E-state index in [-0.39, 0.29) is 0 Å². The predicted molar refractivity (Wildman–Crippen MR) is 68.1 cm³/mol. The molecule has 92 valence electrons. The lowest BCUT2D eigenvalue weighted by Gasteiger charge is -2.13. The van der Waals surface area contributed by atoms with Gasteiger partial charge in [-0.1, -0.05) is 71.6 Å². The van der Waals surface area contributed by atoms with E-state index in [1.807, 2.05) is 0 Å². The van der Waals surface area contributed by atoms with Gasteiger partial charge in [0.25, 0.3) is 0 Å². The molecule has 0 fully saturated rings. The third-order valence-electron chi connectivity index (χ3n) is 3.31. The minimum Gasteiger partial charge on any atom is -0.396 e. The fourth-order valence-electron chi connectivity index (χ4n) is 2.12. The molecular weight excluding hydrogens is 184 g/mol. The molecule has 0 spiro atoms. The lowest BCUT2D eigenvalue weighted by molar-refractivity contribution is 0.281. The highest BCUT2D eigenvalue weighted by Crippen LogP contribution is 2.20. The van der Waals surface area contributed by atoms with Crippen molar-refractivity contribution in [2.24, 2.45) is 5.92 Å². The van der Waals surface area contributed by atoms with Crippen LogP contribution in [-0.4, -0.2) is 11.7 Å². The second kappa shape index (κ2) is 12.0. The molecule has 15 heavy (non-hydrogen) atoms. The zero-order valence-electron chi connectivity index (χ0n) is 10.8. The van der Waals surface area contributed by atoms with Crippen molar-refractivity contribution >= 4 is 0 Å². The van der Waals surface area contributed by atoms with Gasteiger partial charge in [0, 0.05) is 6.61 Å². The van der Waals surface area contributed by atoms with Crippen LogP contribution in [0.2, 0.25) is 0 Å². The number of unbranched alkanes of at least 4 members (excludes halogenated alkanes) is 5. The minimum atomic E-state index is 0.369. The summed E-state index contributed by atoms with van der Waals surface area (Å²) in [5.41, 5.74) is 0. The molecule has 0 saturated carbocycles. The van der Waals surface area contributed by atoms with Crippen molar-refractivity contribution in [2.45, 2.75) is 78.1 Å². The molecule has 0 aromatic heterocycles. The second-order valence-electron chi connectivity index (χ2n) is 4.70. The quantitative estimate of drug-likeness (QED) is 0.501. The van der Waals surface area contributed by atoms with Gasteiger partial charge in [-0.15, -0.1) is 0 Å². The van der Waals surface area contributed by atoms with Gasteiger partial charge in [0.1, 0.15) is 0 Å². The molecular formula is C14H30O. The van der Waals surface area contributed by atoms with Crippen molar-refractivity contribution < 1.29 is 5.11 Å². The molecule has 0 amide bonds. The van der Waals surface area contributed by atoms with Crippen LogP contribution in [0.25, 0.3) is 0 Å². The van der Waals surface area contributed by atoms with E-state index in [0.29, 0.717) is 6.61 Å². The van der Waals surface area contributed by atoms with E-state index in [4.69, 9.17) is 5.11 Å². The Morgan fingerprint density at radius 2 is 1.40 bits per heavy atom. The molecule has 1 unspecified atom stereocenters. The standard InChI is InChI=1S/C14H30O/c1-3-5-11-14(4-2)12-9-7-6-8-10-13-15/h14-15H,3-13H2,1-2H3. The first kappa shape index (κ1) is 15.0. The highest BCUT2D eigenvalue weighted by molar-refractivity contribution is 4.58. The predicted octanol–water partition coefficient (Wildman–Crippen LogP) is 4.54. The summed E-state index contributed by atoms with van der Waals surface area (Å²) < 4.78 is 0. The summed E-state index contributed by atoms with van der Waals surface area (Å²) >= 11 is 0. The Bertz CT molecular complexity index is 112. The molecule has 0 aliphatic carbocycles. The Balaban J connectivity index is 3.22. The van der Waals surface area contributed by atoms with Gasteiger partial charge in [0.2, 0.25) is 0 Å². The SMILES string of the molecule is CCCCC(CC)CCCCCCCO. The number of aliphatic hydroxyl groups excluding tert-OH is 1. The third kappa shape index (κ3) is 10.2. The van der Waals surface area contributed by atoms with Crippen LogP contribution in [0.4, 0.5) is 0 Å². The van der Waals surface area contributed by atoms with Crippen LogP contribution in [0.15, 0.2) is 0 Å². The van der Waals surface area contributed by atoms with Crippen molar-refractivity contribution in [3.05, 3.63) is 0 Å². The van der Waals surface area contributed by atoms with Crippen LogP contribution in [0.5, 0.6) is 0 Å². The van der Waals surface area contributed by atoms with Crippen molar-refractivity contribution in [1.29, 1.82) is 0 Å². The first-order valence-electron chi connectivity index (χ1n) is 6.96. The number of hydrogen-bond acceptors (Lipinski definition) is 1. The molecule has 0 aromatic rings. The molecule has 0 aromatic carbocycles. The zero-order valence-corrected chi connectivity index (χ0v) is 10.8. The highest BCUT2D eigenvalue weighted by Gasteiger charge is 2.04. The van der Waals surface area contributed by atoms with Gasteiger partial charge >= 0.3 is 0 Å². The lowest BCUT2D eigenvalue weighted by Crippen LogP contribution is -1.98. The molecule has 1 nitrogen and oxygen atoms in total.